The minimum Gasteiger partial charge on any atom is -0.493 e. The van der Waals surface area contributed by atoms with Crippen molar-refractivity contribution in [3.63, 3.8) is 0 Å². The number of aliphatic hydroxyl groups is 1. The third-order valence-corrected chi connectivity index (χ3v) is 11.1. The van der Waals surface area contributed by atoms with Gasteiger partial charge in [-0.1, -0.05) is 32.1 Å². The van der Waals surface area contributed by atoms with Crippen molar-refractivity contribution in [1.29, 1.82) is 0 Å². The maximum atomic E-state index is 12.8. The van der Waals surface area contributed by atoms with Crippen LogP contribution >= 0.6 is 0 Å². The average molecular weight is 523 g/mol. The highest BCUT2D eigenvalue weighted by Gasteiger charge is 2.63. The number of amides is 1. The number of aliphatic hydroxyl groups excluding tert-OH is 1. The zero-order valence-corrected chi connectivity index (χ0v) is 23.0. The van der Waals surface area contributed by atoms with Crippen molar-refractivity contribution >= 4 is 6.09 Å². The van der Waals surface area contributed by atoms with Crippen molar-refractivity contribution in [1.82, 2.24) is 9.80 Å². The number of benzene rings is 1. The maximum Gasteiger partial charge on any atom is 0.407 e. The summed E-state index contributed by atoms with van der Waals surface area (Å²) >= 11 is 0. The lowest BCUT2D eigenvalue weighted by atomic mass is 9.42. The molecule has 1 spiro atoms. The standard InChI is InChI=1S/C31H42N2O5/c1-28-13-20-14-29(2,17-28)19-30(15-20,18-28)33(27(35)36)11-10-32-9-8-31-7-6-22(34)12-24(31)38-26-23(37-3)5-4-21(16-32)25(26)31/h4-7,20,22,24,34H,8-19H2,1-3H3,(H,35,36)/t20-,22-,24-,28+,29-,30+,31-/m0/s1. The van der Waals surface area contributed by atoms with E-state index in [0.717, 1.165) is 56.8 Å². The van der Waals surface area contributed by atoms with Crippen LogP contribution in [0.1, 0.15) is 76.3 Å². The minimum atomic E-state index is -0.753. The molecule has 5 aliphatic carbocycles. The Kier molecular flexibility index (Phi) is 5.30. The quantitative estimate of drug-likeness (QED) is 0.533. The summed E-state index contributed by atoms with van der Waals surface area (Å²) in [5.74, 6) is 2.22. The summed E-state index contributed by atoms with van der Waals surface area (Å²) in [6, 6.07) is 4.14. The molecule has 2 N–H and O–H groups in total. The molecule has 2 heterocycles. The highest BCUT2D eigenvalue weighted by Crippen LogP contribution is 2.67. The van der Waals surface area contributed by atoms with Crippen LogP contribution in [0.25, 0.3) is 0 Å². The Labute approximate surface area is 225 Å². The Morgan fingerprint density at radius 3 is 2.63 bits per heavy atom. The van der Waals surface area contributed by atoms with Crippen LogP contribution < -0.4 is 9.47 Å². The zero-order valence-electron chi connectivity index (χ0n) is 23.0. The number of hydrogen-bond acceptors (Lipinski definition) is 5. The van der Waals surface area contributed by atoms with Crippen molar-refractivity contribution in [2.45, 2.75) is 94.9 Å². The van der Waals surface area contributed by atoms with Gasteiger partial charge in [0.2, 0.25) is 0 Å². The molecule has 8 rings (SSSR count). The number of carboxylic acid groups (broad SMARTS) is 1. The topological polar surface area (TPSA) is 82.5 Å². The molecule has 2 aliphatic heterocycles. The molecule has 4 bridgehead atoms. The summed E-state index contributed by atoms with van der Waals surface area (Å²) in [7, 11) is 1.68. The molecule has 1 aromatic rings. The first-order valence-electron chi connectivity index (χ1n) is 14.5. The predicted molar refractivity (Wildman–Crippen MR) is 144 cm³/mol. The largest absolute Gasteiger partial charge is 0.493 e. The van der Waals surface area contributed by atoms with Crippen LogP contribution in [0.4, 0.5) is 4.79 Å². The van der Waals surface area contributed by atoms with E-state index in [1.807, 2.05) is 17.0 Å². The summed E-state index contributed by atoms with van der Waals surface area (Å²) in [5, 5.41) is 20.9. The molecule has 206 valence electrons. The minimum absolute atomic E-state index is 0.114. The predicted octanol–water partition coefficient (Wildman–Crippen LogP) is 4.95. The van der Waals surface area contributed by atoms with Crippen molar-refractivity contribution in [3.8, 4) is 11.5 Å². The van der Waals surface area contributed by atoms with Crippen molar-refractivity contribution in [3.05, 3.63) is 35.4 Å². The lowest BCUT2D eigenvalue weighted by Crippen LogP contribution is -2.66. The van der Waals surface area contributed by atoms with Gasteiger partial charge in [0.1, 0.15) is 6.10 Å². The van der Waals surface area contributed by atoms with E-state index >= 15 is 0 Å². The van der Waals surface area contributed by atoms with Gasteiger partial charge in [-0.2, -0.15) is 0 Å². The van der Waals surface area contributed by atoms with Gasteiger partial charge < -0.3 is 24.6 Å². The smallest absolute Gasteiger partial charge is 0.407 e. The Hall–Kier alpha value is -2.25. The monoisotopic (exact) mass is 522 g/mol. The van der Waals surface area contributed by atoms with Crippen LogP contribution in [0, 0.1) is 16.7 Å². The van der Waals surface area contributed by atoms with Crippen molar-refractivity contribution in [2.75, 3.05) is 26.7 Å². The molecule has 0 aromatic heterocycles. The molecule has 0 unspecified atom stereocenters. The molecule has 0 radical (unpaired) electrons. The molecule has 7 aliphatic rings. The summed E-state index contributed by atoms with van der Waals surface area (Å²) in [4.78, 5) is 17.1. The second-order valence-electron chi connectivity index (χ2n) is 14.3. The third kappa shape index (κ3) is 3.57. The lowest BCUT2D eigenvalue weighted by molar-refractivity contribution is -0.153. The SMILES string of the molecule is COc1ccc2c3c1O[C@H]1C[C@@H](O)C=C[C@@]31CCN(CCN(C(=O)O)[C@]13C[C@@H]4C[C@@](C)(C[C@@](C)(C4)C1)C3)C2. The first-order valence-corrected chi connectivity index (χ1v) is 14.5. The van der Waals surface area contributed by atoms with Crippen LogP contribution in [0.2, 0.25) is 0 Å². The molecule has 1 aromatic carbocycles. The van der Waals surface area contributed by atoms with Gasteiger partial charge in [-0.15, -0.1) is 0 Å². The molecule has 0 saturated heterocycles. The summed E-state index contributed by atoms with van der Waals surface area (Å²) in [5.41, 5.74) is 2.48. The third-order valence-electron chi connectivity index (χ3n) is 11.1. The molecular formula is C31H42N2O5. The van der Waals surface area contributed by atoms with E-state index in [4.69, 9.17) is 9.47 Å². The van der Waals surface area contributed by atoms with Crippen LogP contribution in [0.15, 0.2) is 24.3 Å². The van der Waals surface area contributed by atoms with Gasteiger partial charge in [-0.05, 0) is 79.9 Å². The second-order valence-corrected chi connectivity index (χ2v) is 14.3. The molecule has 4 fully saturated rings. The Morgan fingerprint density at radius 2 is 1.95 bits per heavy atom. The summed E-state index contributed by atoms with van der Waals surface area (Å²) < 4.78 is 12.1. The maximum absolute atomic E-state index is 12.8. The lowest BCUT2D eigenvalue weighted by Gasteiger charge is -2.67. The number of rotatable bonds is 5. The van der Waals surface area contributed by atoms with E-state index in [2.05, 4.69) is 30.9 Å². The first kappa shape index (κ1) is 24.8. The summed E-state index contributed by atoms with van der Waals surface area (Å²) in [6.07, 6.45) is 11.0. The van der Waals surface area contributed by atoms with Crippen LogP contribution in [0.3, 0.4) is 0 Å². The molecular weight excluding hydrogens is 480 g/mol. The Morgan fingerprint density at radius 1 is 1.18 bits per heavy atom. The van der Waals surface area contributed by atoms with E-state index in [1.54, 1.807) is 7.11 Å². The van der Waals surface area contributed by atoms with Crippen molar-refractivity contribution < 1.29 is 24.5 Å². The fraction of sp³-hybridized carbons (Fsp3) is 0.710. The fourth-order valence-electron chi connectivity index (χ4n) is 10.7. The van der Waals surface area contributed by atoms with Crippen LogP contribution in [-0.2, 0) is 12.0 Å². The number of nitrogens with zero attached hydrogens (tertiary/aromatic N) is 2. The molecule has 4 saturated carbocycles. The Balaban J connectivity index is 1.16. The van der Waals surface area contributed by atoms with E-state index in [9.17, 15) is 15.0 Å². The number of methoxy groups -OCH3 is 1. The average Bonchev–Trinajstić information content (AvgIpc) is 3.05. The van der Waals surface area contributed by atoms with E-state index in [1.165, 1.54) is 30.4 Å². The number of carbonyl (C=O) groups is 1. The van der Waals surface area contributed by atoms with Crippen LogP contribution in [-0.4, -0.2) is 70.6 Å². The van der Waals surface area contributed by atoms with Crippen molar-refractivity contribution in [2.24, 2.45) is 16.7 Å². The van der Waals surface area contributed by atoms with Gasteiger partial charge in [0.15, 0.2) is 11.5 Å². The molecule has 7 heteroatoms. The first-order chi connectivity index (χ1) is 18.1. The number of ether oxygens (including phenoxy) is 2. The van der Waals surface area contributed by atoms with Gasteiger partial charge in [-0.25, -0.2) is 4.79 Å². The molecule has 7 nitrogen and oxygen atoms in total. The molecule has 38 heavy (non-hydrogen) atoms. The van der Waals surface area contributed by atoms with Gasteiger partial charge in [-0.3, -0.25) is 4.90 Å². The van der Waals surface area contributed by atoms with Gasteiger partial charge >= 0.3 is 6.09 Å². The van der Waals surface area contributed by atoms with E-state index in [-0.39, 0.29) is 27.9 Å². The number of hydrogen-bond donors (Lipinski definition) is 2. The highest BCUT2D eigenvalue weighted by atomic mass is 16.5. The molecule has 1 amide bonds. The normalized spacial score (nSPS) is 42.3. The van der Waals surface area contributed by atoms with Crippen LogP contribution in [0.5, 0.6) is 11.5 Å². The summed E-state index contributed by atoms with van der Waals surface area (Å²) in [6.45, 7) is 7.71. The Bertz CT molecular complexity index is 1180. The van der Waals surface area contributed by atoms with Gasteiger partial charge in [0.05, 0.1) is 18.6 Å². The zero-order chi connectivity index (χ0) is 26.5. The van der Waals surface area contributed by atoms with Gasteiger partial charge in [0, 0.05) is 37.2 Å². The second kappa shape index (κ2) is 8.14. The highest BCUT2D eigenvalue weighted by molar-refractivity contribution is 5.66. The van der Waals surface area contributed by atoms with Gasteiger partial charge in [0.25, 0.3) is 0 Å². The van der Waals surface area contributed by atoms with E-state index in [0.29, 0.717) is 18.9 Å². The molecule has 7 atom stereocenters. The van der Waals surface area contributed by atoms with E-state index < -0.39 is 12.2 Å². The fourth-order valence-corrected chi connectivity index (χ4v) is 10.7.